The second-order valence-corrected chi connectivity index (χ2v) is 12.4. The summed E-state index contributed by atoms with van der Waals surface area (Å²) in [5.74, 6) is 0.229. The molecule has 1 aromatic rings. The standard InChI is InChI=1S/C21H31N3O6S2/c25-21(18-4-2-1-3-5-18)22-10-12-23(13-11-22)31(26,27)19-6-8-20(9-7-19)32(28,29)24-14-16-30-17-15-24/h6-9,18H,1-5,10-17H2. The van der Waals surface area contributed by atoms with Gasteiger partial charge in [0.25, 0.3) is 0 Å². The fourth-order valence-corrected chi connectivity index (χ4v) is 7.46. The van der Waals surface area contributed by atoms with Gasteiger partial charge >= 0.3 is 0 Å². The molecule has 0 N–H and O–H groups in total. The molecule has 0 aromatic heterocycles. The lowest BCUT2D eigenvalue weighted by molar-refractivity contribution is -0.137. The van der Waals surface area contributed by atoms with Crippen LogP contribution in [0.5, 0.6) is 0 Å². The molecular formula is C21H31N3O6S2. The van der Waals surface area contributed by atoms with Crippen LogP contribution < -0.4 is 0 Å². The van der Waals surface area contributed by atoms with Crippen molar-refractivity contribution in [2.45, 2.75) is 41.9 Å². The average Bonchev–Trinajstić information content (AvgIpc) is 2.85. The molecule has 4 rings (SSSR count). The fraction of sp³-hybridized carbons (Fsp3) is 0.667. The first-order valence-electron chi connectivity index (χ1n) is 11.3. The quantitative estimate of drug-likeness (QED) is 0.619. The van der Waals surface area contributed by atoms with E-state index in [-0.39, 0.29) is 47.8 Å². The van der Waals surface area contributed by atoms with E-state index in [9.17, 15) is 21.6 Å². The van der Waals surface area contributed by atoms with Gasteiger partial charge in [0.15, 0.2) is 0 Å². The van der Waals surface area contributed by atoms with Gasteiger partial charge < -0.3 is 9.64 Å². The number of carbonyl (C=O) groups is 1. The Kier molecular flexibility index (Phi) is 7.21. The zero-order chi connectivity index (χ0) is 22.8. The van der Waals surface area contributed by atoms with Crippen molar-refractivity contribution in [3.05, 3.63) is 24.3 Å². The zero-order valence-electron chi connectivity index (χ0n) is 18.2. The number of morpholine rings is 1. The minimum atomic E-state index is -3.76. The van der Waals surface area contributed by atoms with Gasteiger partial charge in [-0.3, -0.25) is 4.79 Å². The van der Waals surface area contributed by atoms with Crippen molar-refractivity contribution in [2.75, 3.05) is 52.5 Å². The van der Waals surface area contributed by atoms with Gasteiger partial charge in [-0.2, -0.15) is 8.61 Å². The van der Waals surface area contributed by atoms with Gasteiger partial charge in [-0.15, -0.1) is 0 Å². The third-order valence-corrected chi connectivity index (χ3v) is 10.4. The lowest BCUT2D eigenvalue weighted by Crippen LogP contribution is -2.52. The Morgan fingerprint density at radius 3 is 1.69 bits per heavy atom. The predicted molar refractivity (Wildman–Crippen MR) is 118 cm³/mol. The molecule has 0 bridgehead atoms. The summed E-state index contributed by atoms with van der Waals surface area (Å²) in [6.45, 7) is 2.53. The summed E-state index contributed by atoms with van der Waals surface area (Å²) < 4.78 is 59.6. The normalized spacial score (nSPS) is 22.7. The summed E-state index contributed by atoms with van der Waals surface area (Å²) >= 11 is 0. The summed E-state index contributed by atoms with van der Waals surface area (Å²) in [7, 11) is -7.43. The van der Waals surface area contributed by atoms with Crippen LogP contribution in [0.25, 0.3) is 0 Å². The zero-order valence-corrected chi connectivity index (χ0v) is 19.8. The molecule has 0 atom stereocenters. The molecule has 0 unspecified atom stereocenters. The molecule has 2 saturated heterocycles. The molecular weight excluding hydrogens is 454 g/mol. The Morgan fingerprint density at radius 2 is 1.19 bits per heavy atom. The molecule has 1 saturated carbocycles. The van der Waals surface area contributed by atoms with Gasteiger partial charge in [-0.25, -0.2) is 16.8 Å². The number of hydrogen-bond donors (Lipinski definition) is 0. The molecule has 9 nitrogen and oxygen atoms in total. The van der Waals surface area contributed by atoms with Crippen LogP contribution in [-0.4, -0.2) is 88.7 Å². The van der Waals surface area contributed by atoms with Crippen molar-refractivity contribution in [1.29, 1.82) is 0 Å². The predicted octanol–water partition coefficient (Wildman–Crippen LogP) is 1.12. The van der Waals surface area contributed by atoms with Gasteiger partial charge in [0, 0.05) is 45.2 Å². The summed E-state index contributed by atoms with van der Waals surface area (Å²) in [4.78, 5) is 14.7. The molecule has 2 aliphatic heterocycles. The summed E-state index contributed by atoms with van der Waals surface area (Å²) in [5, 5.41) is 0. The maximum atomic E-state index is 13.1. The Hall–Kier alpha value is -1.53. The summed E-state index contributed by atoms with van der Waals surface area (Å²) in [5.41, 5.74) is 0. The molecule has 11 heteroatoms. The second kappa shape index (κ2) is 9.76. The molecule has 1 aromatic carbocycles. The van der Waals surface area contributed by atoms with E-state index in [1.807, 2.05) is 0 Å². The molecule has 32 heavy (non-hydrogen) atoms. The van der Waals surface area contributed by atoms with Crippen molar-refractivity contribution < 1.29 is 26.4 Å². The molecule has 1 amide bonds. The lowest BCUT2D eigenvalue weighted by atomic mass is 9.88. The van der Waals surface area contributed by atoms with Crippen molar-refractivity contribution in [3.8, 4) is 0 Å². The molecule has 178 valence electrons. The van der Waals surface area contributed by atoms with E-state index in [0.29, 0.717) is 26.3 Å². The molecule has 0 spiro atoms. The number of piperazine rings is 1. The lowest BCUT2D eigenvalue weighted by Gasteiger charge is -2.36. The number of nitrogens with zero attached hydrogens (tertiary/aromatic N) is 3. The first-order valence-corrected chi connectivity index (χ1v) is 14.1. The molecule has 1 aliphatic carbocycles. The van der Waals surface area contributed by atoms with Crippen LogP contribution in [0, 0.1) is 5.92 Å². The second-order valence-electron chi connectivity index (χ2n) is 8.55. The smallest absolute Gasteiger partial charge is 0.243 e. The largest absolute Gasteiger partial charge is 0.379 e. The fourth-order valence-electron chi connectivity index (χ4n) is 4.63. The first-order chi connectivity index (χ1) is 15.3. The van der Waals surface area contributed by atoms with Crippen LogP contribution in [0.15, 0.2) is 34.1 Å². The Balaban J connectivity index is 1.40. The highest BCUT2D eigenvalue weighted by Gasteiger charge is 2.33. The minimum absolute atomic E-state index is 0.0606. The van der Waals surface area contributed by atoms with E-state index in [2.05, 4.69) is 0 Å². The number of amides is 1. The van der Waals surface area contributed by atoms with E-state index < -0.39 is 20.0 Å². The topological polar surface area (TPSA) is 104 Å². The van der Waals surface area contributed by atoms with Gasteiger partial charge in [0.1, 0.15) is 0 Å². The number of sulfonamides is 2. The number of carbonyl (C=O) groups excluding carboxylic acids is 1. The third-order valence-electron chi connectivity index (χ3n) is 6.57. The van der Waals surface area contributed by atoms with Crippen LogP contribution in [0.3, 0.4) is 0 Å². The maximum absolute atomic E-state index is 13.1. The summed E-state index contributed by atoms with van der Waals surface area (Å²) in [6.07, 6.45) is 5.21. The van der Waals surface area contributed by atoms with E-state index in [1.165, 1.54) is 39.3 Å². The number of rotatable bonds is 5. The van der Waals surface area contributed by atoms with Crippen LogP contribution in [0.1, 0.15) is 32.1 Å². The van der Waals surface area contributed by atoms with Crippen molar-refractivity contribution in [2.24, 2.45) is 5.92 Å². The molecule has 3 aliphatic rings. The van der Waals surface area contributed by atoms with E-state index in [0.717, 1.165) is 25.7 Å². The number of ether oxygens (including phenoxy) is 1. The Bertz CT molecular complexity index is 1010. The third kappa shape index (κ3) is 4.86. The van der Waals surface area contributed by atoms with Crippen molar-refractivity contribution in [1.82, 2.24) is 13.5 Å². The van der Waals surface area contributed by atoms with Gasteiger partial charge in [-0.05, 0) is 37.1 Å². The maximum Gasteiger partial charge on any atom is 0.243 e. The molecule has 3 fully saturated rings. The minimum Gasteiger partial charge on any atom is -0.379 e. The highest BCUT2D eigenvalue weighted by Crippen LogP contribution is 2.27. The van der Waals surface area contributed by atoms with E-state index in [4.69, 9.17) is 4.74 Å². The highest BCUT2D eigenvalue weighted by atomic mass is 32.2. The molecule has 0 radical (unpaired) electrons. The van der Waals surface area contributed by atoms with Crippen LogP contribution in [0.2, 0.25) is 0 Å². The highest BCUT2D eigenvalue weighted by molar-refractivity contribution is 7.89. The van der Waals surface area contributed by atoms with Crippen LogP contribution in [0.4, 0.5) is 0 Å². The summed E-state index contributed by atoms with van der Waals surface area (Å²) in [6, 6.07) is 5.39. The van der Waals surface area contributed by atoms with Crippen LogP contribution >= 0.6 is 0 Å². The van der Waals surface area contributed by atoms with E-state index in [1.54, 1.807) is 4.90 Å². The van der Waals surface area contributed by atoms with Crippen molar-refractivity contribution >= 4 is 26.0 Å². The van der Waals surface area contributed by atoms with Crippen molar-refractivity contribution in [3.63, 3.8) is 0 Å². The SMILES string of the molecule is O=C(C1CCCCC1)N1CCN(S(=O)(=O)c2ccc(S(=O)(=O)N3CCOCC3)cc2)CC1. The average molecular weight is 486 g/mol. The van der Waals surface area contributed by atoms with E-state index >= 15 is 0 Å². The van der Waals surface area contributed by atoms with Gasteiger partial charge in [0.2, 0.25) is 26.0 Å². The van der Waals surface area contributed by atoms with Gasteiger partial charge in [0.05, 0.1) is 23.0 Å². The number of hydrogen-bond acceptors (Lipinski definition) is 6. The number of benzene rings is 1. The molecule has 2 heterocycles. The van der Waals surface area contributed by atoms with Gasteiger partial charge in [-0.1, -0.05) is 19.3 Å². The Morgan fingerprint density at radius 1 is 0.719 bits per heavy atom. The first kappa shape index (κ1) is 23.6. The van der Waals surface area contributed by atoms with Crippen LogP contribution in [-0.2, 0) is 29.6 Å². The monoisotopic (exact) mass is 485 g/mol. The Labute approximate surface area is 190 Å².